The highest BCUT2D eigenvalue weighted by Crippen LogP contribution is 2.49. The first-order valence-corrected chi connectivity index (χ1v) is 7.34. The molecule has 1 aromatic rings. The van der Waals surface area contributed by atoms with Crippen LogP contribution in [-0.2, 0) is 5.60 Å². The van der Waals surface area contributed by atoms with Crippen molar-refractivity contribution in [3.8, 4) is 6.07 Å². The van der Waals surface area contributed by atoms with Gasteiger partial charge < -0.3 is 5.11 Å². The molecular formula is C16H21FN2O. The van der Waals surface area contributed by atoms with Crippen molar-refractivity contribution in [2.45, 2.75) is 57.5 Å². The Labute approximate surface area is 119 Å². The summed E-state index contributed by atoms with van der Waals surface area (Å²) in [4.78, 5) is 4.04. The van der Waals surface area contributed by atoms with E-state index >= 15 is 0 Å². The molecule has 4 heteroatoms. The number of nitrogens with zero attached hydrogens (tertiary/aromatic N) is 2. The number of halogens is 1. The van der Waals surface area contributed by atoms with Crippen LogP contribution in [0.25, 0.3) is 0 Å². The predicted molar refractivity (Wildman–Crippen MR) is 74.1 cm³/mol. The fourth-order valence-corrected chi connectivity index (χ4v) is 3.34. The SMILES string of the molecule is CCC(O)(c1ccc(F)cn1)C1(C#N)CCCCCC1. The lowest BCUT2D eigenvalue weighted by Gasteiger charge is -2.41. The molecule has 108 valence electrons. The highest BCUT2D eigenvalue weighted by Gasteiger charge is 2.51. The van der Waals surface area contributed by atoms with Gasteiger partial charge in [0.15, 0.2) is 0 Å². The molecule has 0 aliphatic heterocycles. The second-order valence-corrected chi connectivity index (χ2v) is 5.68. The van der Waals surface area contributed by atoms with Crippen molar-refractivity contribution in [2.24, 2.45) is 5.41 Å². The number of nitriles is 1. The summed E-state index contributed by atoms with van der Waals surface area (Å²) in [6, 6.07) is 5.18. The molecular weight excluding hydrogens is 255 g/mol. The molecule has 1 atom stereocenters. The largest absolute Gasteiger partial charge is 0.382 e. The molecule has 0 aromatic carbocycles. The Balaban J connectivity index is 2.46. The summed E-state index contributed by atoms with van der Waals surface area (Å²) >= 11 is 0. The third-order valence-electron chi connectivity index (χ3n) is 4.63. The highest BCUT2D eigenvalue weighted by molar-refractivity contribution is 5.23. The molecule has 0 amide bonds. The minimum Gasteiger partial charge on any atom is -0.382 e. The van der Waals surface area contributed by atoms with Crippen LogP contribution in [-0.4, -0.2) is 10.1 Å². The van der Waals surface area contributed by atoms with Crippen molar-refractivity contribution < 1.29 is 9.50 Å². The van der Waals surface area contributed by atoms with E-state index < -0.39 is 16.8 Å². The Bertz CT molecular complexity index is 486. The van der Waals surface area contributed by atoms with Crippen LogP contribution in [0.4, 0.5) is 4.39 Å². The van der Waals surface area contributed by atoms with Gasteiger partial charge in [0.25, 0.3) is 0 Å². The van der Waals surface area contributed by atoms with Crippen molar-refractivity contribution in [1.29, 1.82) is 5.26 Å². The lowest BCUT2D eigenvalue weighted by Crippen LogP contribution is -2.45. The average molecular weight is 276 g/mol. The van der Waals surface area contributed by atoms with E-state index in [0.717, 1.165) is 31.9 Å². The molecule has 1 unspecified atom stereocenters. The summed E-state index contributed by atoms with van der Waals surface area (Å²) < 4.78 is 13.1. The van der Waals surface area contributed by atoms with E-state index in [0.29, 0.717) is 25.0 Å². The number of aromatic nitrogens is 1. The van der Waals surface area contributed by atoms with Crippen molar-refractivity contribution in [2.75, 3.05) is 0 Å². The van der Waals surface area contributed by atoms with Crippen LogP contribution in [0.2, 0.25) is 0 Å². The smallest absolute Gasteiger partial charge is 0.141 e. The summed E-state index contributed by atoms with van der Waals surface area (Å²) in [5.41, 5.74) is -1.71. The van der Waals surface area contributed by atoms with E-state index in [1.807, 2.05) is 6.92 Å². The zero-order valence-corrected chi connectivity index (χ0v) is 11.9. The molecule has 3 nitrogen and oxygen atoms in total. The molecule has 0 spiro atoms. The first-order valence-electron chi connectivity index (χ1n) is 7.34. The maximum Gasteiger partial charge on any atom is 0.141 e. The van der Waals surface area contributed by atoms with E-state index in [4.69, 9.17) is 0 Å². The normalized spacial score (nSPS) is 21.5. The summed E-state index contributed by atoms with van der Waals surface area (Å²) in [6.45, 7) is 1.86. The quantitative estimate of drug-likeness (QED) is 0.857. The molecule has 1 aromatic heterocycles. The zero-order chi connectivity index (χ0) is 14.6. The van der Waals surface area contributed by atoms with Crippen LogP contribution in [0.5, 0.6) is 0 Å². The Kier molecular flexibility index (Phi) is 4.39. The van der Waals surface area contributed by atoms with Gasteiger partial charge in [-0.05, 0) is 31.4 Å². The topological polar surface area (TPSA) is 56.9 Å². The van der Waals surface area contributed by atoms with Gasteiger partial charge in [-0.1, -0.05) is 32.6 Å². The fraction of sp³-hybridized carbons (Fsp3) is 0.625. The maximum atomic E-state index is 13.1. The molecule has 1 N–H and O–H groups in total. The molecule has 1 saturated carbocycles. The van der Waals surface area contributed by atoms with Gasteiger partial charge in [0.2, 0.25) is 0 Å². The van der Waals surface area contributed by atoms with Crippen LogP contribution in [0.1, 0.15) is 57.6 Å². The van der Waals surface area contributed by atoms with Crippen molar-refractivity contribution >= 4 is 0 Å². The van der Waals surface area contributed by atoms with Crippen molar-refractivity contribution in [3.63, 3.8) is 0 Å². The monoisotopic (exact) mass is 276 g/mol. The lowest BCUT2D eigenvalue weighted by molar-refractivity contribution is -0.0765. The van der Waals surface area contributed by atoms with Gasteiger partial charge >= 0.3 is 0 Å². The number of aliphatic hydroxyl groups is 1. The number of hydrogen-bond acceptors (Lipinski definition) is 3. The van der Waals surface area contributed by atoms with E-state index in [1.165, 1.54) is 12.1 Å². The molecule has 1 aliphatic rings. The summed E-state index contributed by atoms with van der Waals surface area (Å²) in [6.07, 6.45) is 6.94. The first-order chi connectivity index (χ1) is 9.58. The first kappa shape index (κ1) is 14.9. The Morgan fingerprint density at radius 1 is 1.35 bits per heavy atom. The van der Waals surface area contributed by atoms with Crippen molar-refractivity contribution in [3.05, 3.63) is 29.8 Å². The molecule has 1 aliphatic carbocycles. The fourth-order valence-electron chi connectivity index (χ4n) is 3.34. The average Bonchev–Trinajstić information content (AvgIpc) is 2.73. The zero-order valence-electron chi connectivity index (χ0n) is 11.9. The molecule has 1 heterocycles. The molecule has 0 bridgehead atoms. The molecule has 20 heavy (non-hydrogen) atoms. The second-order valence-electron chi connectivity index (χ2n) is 5.68. The van der Waals surface area contributed by atoms with Crippen LogP contribution in [0, 0.1) is 22.6 Å². The van der Waals surface area contributed by atoms with Gasteiger partial charge in [-0.3, -0.25) is 4.98 Å². The van der Waals surface area contributed by atoms with E-state index in [-0.39, 0.29) is 0 Å². The van der Waals surface area contributed by atoms with Gasteiger partial charge in [0.05, 0.1) is 23.4 Å². The van der Waals surface area contributed by atoms with Crippen LogP contribution < -0.4 is 0 Å². The van der Waals surface area contributed by atoms with Crippen LogP contribution in [0.3, 0.4) is 0 Å². The van der Waals surface area contributed by atoms with Crippen LogP contribution in [0.15, 0.2) is 18.3 Å². The Morgan fingerprint density at radius 3 is 2.45 bits per heavy atom. The van der Waals surface area contributed by atoms with E-state index in [2.05, 4.69) is 11.1 Å². The lowest BCUT2D eigenvalue weighted by atomic mass is 9.65. The molecule has 0 saturated heterocycles. The molecule has 0 radical (unpaired) electrons. The number of rotatable bonds is 3. The molecule has 1 fully saturated rings. The third kappa shape index (κ3) is 2.43. The van der Waals surface area contributed by atoms with Crippen LogP contribution >= 0.6 is 0 Å². The van der Waals surface area contributed by atoms with E-state index in [9.17, 15) is 14.8 Å². The van der Waals surface area contributed by atoms with Gasteiger partial charge in [-0.15, -0.1) is 0 Å². The van der Waals surface area contributed by atoms with Gasteiger partial charge in [0, 0.05) is 0 Å². The predicted octanol–water partition coefficient (Wildman–Crippen LogP) is 3.68. The highest BCUT2D eigenvalue weighted by atomic mass is 19.1. The van der Waals surface area contributed by atoms with Crippen molar-refractivity contribution in [1.82, 2.24) is 4.98 Å². The number of hydrogen-bond donors (Lipinski definition) is 1. The van der Waals surface area contributed by atoms with Gasteiger partial charge in [-0.25, -0.2) is 4.39 Å². The summed E-state index contributed by atoms with van der Waals surface area (Å²) in [5, 5.41) is 20.9. The Morgan fingerprint density at radius 2 is 2.00 bits per heavy atom. The standard InChI is InChI=1S/C16H21FN2O/c1-2-16(20,14-8-7-13(17)11-19-14)15(12-18)9-5-3-4-6-10-15/h7-8,11,20H,2-6,9-10H2,1H3. The van der Waals surface area contributed by atoms with Gasteiger partial charge in [-0.2, -0.15) is 5.26 Å². The van der Waals surface area contributed by atoms with E-state index in [1.54, 1.807) is 0 Å². The maximum absolute atomic E-state index is 13.1. The minimum atomic E-state index is -1.31. The molecule has 2 rings (SSSR count). The minimum absolute atomic E-state index is 0.402. The number of pyridine rings is 1. The summed E-state index contributed by atoms with van der Waals surface area (Å²) in [7, 11) is 0. The second kappa shape index (κ2) is 5.88. The van der Waals surface area contributed by atoms with Gasteiger partial charge in [0.1, 0.15) is 11.4 Å². The summed E-state index contributed by atoms with van der Waals surface area (Å²) in [5.74, 6) is -0.431. The third-order valence-corrected chi connectivity index (χ3v) is 4.63. The Hall–Kier alpha value is -1.47.